The molecule has 2 heterocycles. The lowest BCUT2D eigenvalue weighted by Crippen LogP contribution is -2.04. The highest BCUT2D eigenvalue weighted by molar-refractivity contribution is 9.10. The minimum Gasteiger partial charge on any atom is -0.366 e. The summed E-state index contributed by atoms with van der Waals surface area (Å²) in [5.41, 5.74) is 3.27. The van der Waals surface area contributed by atoms with Gasteiger partial charge in [-0.3, -0.25) is 4.98 Å². The van der Waals surface area contributed by atoms with E-state index in [2.05, 4.69) is 41.5 Å². The highest BCUT2D eigenvalue weighted by Gasteiger charge is 2.02. The molecule has 116 valence electrons. The van der Waals surface area contributed by atoms with E-state index in [9.17, 15) is 0 Å². The van der Waals surface area contributed by atoms with E-state index in [1.807, 2.05) is 43.3 Å². The normalized spacial score (nSPS) is 10.3. The van der Waals surface area contributed by atoms with Gasteiger partial charge in [0.25, 0.3) is 0 Å². The molecule has 6 heteroatoms. The van der Waals surface area contributed by atoms with Crippen LogP contribution in [0, 0.1) is 6.92 Å². The molecule has 3 rings (SSSR count). The SMILES string of the molecule is Cc1ccc(Nc2nccc(NCc3ccncc3)n2)cc1Br. The second-order valence-electron chi connectivity index (χ2n) is 5.06. The lowest BCUT2D eigenvalue weighted by molar-refractivity contribution is 1.07. The Labute approximate surface area is 143 Å². The van der Waals surface area contributed by atoms with Crippen molar-refractivity contribution in [1.29, 1.82) is 0 Å². The van der Waals surface area contributed by atoms with Crippen molar-refractivity contribution < 1.29 is 0 Å². The Kier molecular flexibility index (Phi) is 4.83. The molecular weight excluding hydrogens is 354 g/mol. The van der Waals surface area contributed by atoms with Crippen LogP contribution in [0.2, 0.25) is 0 Å². The maximum absolute atomic E-state index is 4.47. The zero-order chi connectivity index (χ0) is 16.1. The van der Waals surface area contributed by atoms with Crippen LogP contribution >= 0.6 is 15.9 Å². The summed E-state index contributed by atoms with van der Waals surface area (Å²) >= 11 is 3.53. The molecule has 0 saturated heterocycles. The molecule has 1 aromatic carbocycles. The number of halogens is 1. The lowest BCUT2D eigenvalue weighted by atomic mass is 10.2. The van der Waals surface area contributed by atoms with Crippen molar-refractivity contribution in [1.82, 2.24) is 15.0 Å². The van der Waals surface area contributed by atoms with Gasteiger partial charge in [-0.25, -0.2) is 4.98 Å². The van der Waals surface area contributed by atoms with Gasteiger partial charge in [0.05, 0.1) is 0 Å². The average molecular weight is 370 g/mol. The summed E-state index contributed by atoms with van der Waals surface area (Å²) in [6.07, 6.45) is 5.28. The van der Waals surface area contributed by atoms with E-state index in [1.54, 1.807) is 18.6 Å². The third-order valence-corrected chi connectivity index (χ3v) is 4.16. The first-order chi connectivity index (χ1) is 11.2. The summed E-state index contributed by atoms with van der Waals surface area (Å²) in [5.74, 6) is 1.32. The van der Waals surface area contributed by atoms with Gasteiger partial charge in [-0.1, -0.05) is 22.0 Å². The van der Waals surface area contributed by atoms with Crippen molar-refractivity contribution in [3.63, 3.8) is 0 Å². The zero-order valence-corrected chi connectivity index (χ0v) is 14.2. The van der Waals surface area contributed by atoms with Gasteiger partial charge in [0.1, 0.15) is 5.82 Å². The second-order valence-corrected chi connectivity index (χ2v) is 5.92. The van der Waals surface area contributed by atoms with E-state index in [-0.39, 0.29) is 0 Å². The number of nitrogens with zero attached hydrogens (tertiary/aromatic N) is 3. The molecule has 0 amide bonds. The van der Waals surface area contributed by atoms with Gasteiger partial charge in [0.15, 0.2) is 0 Å². The summed E-state index contributed by atoms with van der Waals surface area (Å²) in [6.45, 7) is 2.74. The number of nitrogens with one attached hydrogen (secondary N) is 2. The van der Waals surface area contributed by atoms with Crippen molar-refractivity contribution in [2.75, 3.05) is 10.6 Å². The largest absolute Gasteiger partial charge is 0.366 e. The van der Waals surface area contributed by atoms with E-state index in [4.69, 9.17) is 0 Å². The van der Waals surface area contributed by atoms with Crippen molar-refractivity contribution in [3.8, 4) is 0 Å². The van der Waals surface area contributed by atoms with Gasteiger partial charge in [0, 0.05) is 35.3 Å². The molecular formula is C17H16BrN5. The Hall–Kier alpha value is -2.47. The maximum atomic E-state index is 4.47. The highest BCUT2D eigenvalue weighted by atomic mass is 79.9. The Morgan fingerprint density at radius 2 is 1.87 bits per heavy atom. The molecule has 23 heavy (non-hydrogen) atoms. The number of hydrogen-bond donors (Lipinski definition) is 2. The van der Waals surface area contributed by atoms with Gasteiger partial charge >= 0.3 is 0 Å². The predicted octanol–water partition coefficient (Wildman–Crippen LogP) is 4.30. The second kappa shape index (κ2) is 7.19. The maximum Gasteiger partial charge on any atom is 0.229 e. The van der Waals surface area contributed by atoms with Crippen molar-refractivity contribution in [2.24, 2.45) is 0 Å². The van der Waals surface area contributed by atoms with Crippen LogP contribution in [0.1, 0.15) is 11.1 Å². The fraction of sp³-hybridized carbons (Fsp3) is 0.118. The zero-order valence-electron chi connectivity index (χ0n) is 12.6. The molecule has 3 aromatic rings. The molecule has 0 spiro atoms. The number of aromatic nitrogens is 3. The van der Waals surface area contributed by atoms with E-state index in [0.717, 1.165) is 21.5 Å². The highest BCUT2D eigenvalue weighted by Crippen LogP contribution is 2.22. The Balaban J connectivity index is 1.68. The quantitative estimate of drug-likeness (QED) is 0.701. The Morgan fingerprint density at radius 3 is 2.65 bits per heavy atom. The molecule has 0 fully saturated rings. The third-order valence-electron chi connectivity index (χ3n) is 3.31. The van der Waals surface area contributed by atoms with Crippen molar-refractivity contribution >= 4 is 33.4 Å². The van der Waals surface area contributed by atoms with Gasteiger partial charge in [-0.2, -0.15) is 4.98 Å². The fourth-order valence-electron chi connectivity index (χ4n) is 2.01. The van der Waals surface area contributed by atoms with E-state index in [0.29, 0.717) is 12.5 Å². The molecule has 2 N–H and O–H groups in total. The number of benzene rings is 1. The van der Waals surface area contributed by atoms with Crippen LogP contribution in [0.3, 0.4) is 0 Å². The first-order valence-corrected chi connectivity index (χ1v) is 7.99. The third kappa shape index (κ3) is 4.26. The van der Waals surface area contributed by atoms with Crippen molar-refractivity contribution in [2.45, 2.75) is 13.5 Å². The Bertz CT molecular complexity index is 792. The molecule has 0 saturated carbocycles. The summed E-state index contributed by atoms with van der Waals surface area (Å²) in [5, 5.41) is 6.49. The Morgan fingerprint density at radius 1 is 1.04 bits per heavy atom. The van der Waals surface area contributed by atoms with Gasteiger partial charge in [-0.15, -0.1) is 0 Å². The first kappa shape index (κ1) is 15.4. The van der Waals surface area contributed by atoms with Gasteiger partial charge in [-0.05, 0) is 48.4 Å². The van der Waals surface area contributed by atoms with E-state index < -0.39 is 0 Å². The summed E-state index contributed by atoms with van der Waals surface area (Å²) < 4.78 is 1.05. The minimum atomic E-state index is 0.556. The molecule has 0 atom stereocenters. The first-order valence-electron chi connectivity index (χ1n) is 7.20. The smallest absolute Gasteiger partial charge is 0.229 e. The fourth-order valence-corrected chi connectivity index (χ4v) is 2.39. The van der Waals surface area contributed by atoms with Crippen LogP contribution < -0.4 is 10.6 Å². The topological polar surface area (TPSA) is 62.7 Å². The molecule has 0 bridgehead atoms. The molecule has 0 radical (unpaired) electrons. The monoisotopic (exact) mass is 369 g/mol. The number of pyridine rings is 1. The van der Waals surface area contributed by atoms with Crippen LogP contribution in [0.5, 0.6) is 0 Å². The van der Waals surface area contributed by atoms with Gasteiger partial charge in [0.2, 0.25) is 5.95 Å². The lowest BCUT2D eigenvalue weighted by Gasteiger charge is -2.09. The van der Waals surface area contributed by atoms with Gasteiger partial charge < -0.3 is 10.6 Å². The molecule has 2 aromatic heterocycles. The van der Waals surface area contributed by atoms with E-state index in [1.165, 1.54) is 5.56 Å². The number of rotatable bonds is 5. The number of hydrogen-bond acceptors (Lipinski definition) is 5. The standard InChI is InChI=1S/C17H16BrN5/c1-12-2-3-14(10-15(12)18)22-17-20-9-6-16(23-17)21-11-13-4-7-19-8-5-13/h2-10H,11H2,1H3,(H2,20,21,22,23). The van der Waals surface area contributed by atoms with Crippen LogP contribution in [-0.4, -0.2) is 15.0 Å². The molecule has 0 aliphatic rings. The van der Waals surface area contributed by atoms with Crippen molar-refractivity contribution in [3.05, 3.63) is 70.6 Å². The minimum absolute atomic E-state index is 0.556. The predicted molar refractivity (Wildman–Crippen MR) is 95.8 cm³/mol. The number of aryl methyl sites for hydroxylation is 1. The van der Waals surface area contributed by atoms with Crippen LogP contribution in [0.25, 0.3) is 0 Å². The average Bonchev–Trinajstić information content (AvgIpc) is 2.58. The molecule has 0 aliphatic carbocycles. The molecule has 0 aliphatic heterocycles. The summed E-state index contributed by atoms with van der Waals surface area (Å²) in [4.78, 5) is 12.7. The van der Waals surface area contributed by atoms with Crippen LogP contribution in [-0.2, 0) is 6.54 Å². The van der Waals surface area contributed by atoms with Crippen LogP contribution in [0.4, 0.5) is 17.5 Å². The molecule has 0 unspecified atom stereocenters. The number of anilines is 3. The summed E-state index contributed by atoms with van der Waals surface area (Å²) in [6, 6.07) is 11.8. The molecule has 5 nitrogen and oxygen atoms in total. The van der Waals surface area contributed by atoms with Crippen LogP contribution in [0.15, 0.2) is 59.5 Å². The van der Waals surface area contributed by atoms with E-state index >= 15 is 0 Å². The summed E-state index contributed by atoms with van der Waals surface area (Å²) in [7, 11) is 0.